The Bertz CT molecular complexity index is 129. The van der Waals surface area contributed by atoms with E-state index in [1.54, 1.807) is 13.8 Å². The number of hydrogen-bond donors (Lipinski definition) is 0. The smallest absolute Gasteiger partial charge is 0.285 e. The summed E-state index contributed by atoms with van der Waals surface area (Å²) in [6, 6.07) is 0. The molecule has 0 fully saturated rings. The molecule has 0 aromatic heterocycles. The van der Waals surface area contributed by atoms with Crippen molar-refractivity contribution in [1.29, 1.82) is 0 Å². The molecule has 0 N–H and O–H groups in total. The second-order valence-corrected chi connectivity index (χ2v) is 2.50. The van der Waals surface area contributed by atoms with Gasteiger partial charge < -0.3 is 9.59 Å². The van der Waals surface area contributed by atoms with Crippen LogP contribution in [0.4, 0.5) is 0 Å². The molecule has 50 valence electrons. The molecule has 0 aliphatic rings. The lowest BCUT2D eigenvalue weighted by Crippen LogP contribution is -2.21. The van der Waals surface area contributed by atoms with Gasteiger partial charge in [0.25, 0.3) is 7.28 Å². The van der Waals surface area contributed by atoms with E-state index in [9.17, 15) is 9.59 Å². The minimum atomic E-state index is -0.0475. The Kier molecular flexibility index (Phi) is 3.21. The minimum absolute atomic E-state index is 0.00565. The van der Waals surface area contributed by atoms with Crippen molar-refractivity contribution in [3.8, 4) is 0 Å². The Morgan fingerprint density at radius 2 is 1.78 bits per heavy atom. The van der Waals surface area contributed by atoms with Crippen molar-refractivity contribution in [3.63, 3.8) is 0 Å². The fourth-order valence-corrected chi connectivity index (χ4v) is 0.449. The van der Waals surface area contributed by atoms with Crippen LogP contribution in [0, 0.1) is 5.92 Å². The topological polar surface area (TPSA) is 34.1 Å². The quantitative estimate of drug-likeness (QED) is 0.504. The summed E-state index contributed by atoms with van der Waals surface area (Å²) < 4.78 is 0. The van der Waals surface area contributed by atoms with Gasteiger partial charge in [0.15, 0.2) is 0 Å². The van der Waals surface area contributed by atoms with Crippen molar-refractivity contribution in [3.05, 3.63) is 0 Å². The van der Waals surface area contributed by atoms with Crippen molar-refractivity contribution in [2.75, 3.05) is 0 Å². The summed E-state index contributed by atoms with van der Waals surface area (Å²) >= 11 is 0. The van der Waals surface area contributed by atoms with Gasteiger partial charge in [-0.15, -0.1) is 0 Å². The number of carbonyl (C=O) groups is 2. The molecule has 0 saturated carbocycles. The first-order chi connectivity index (χ1) is 4.04. The van der Waals surface area contributed by atoms with Gasteiger partial charge in [-0.1, -0.05) is 13.8 Å². The predicted octanol–water partition coefficient (Wildman–Crippen LogP) is 0.152. The lowest BCUT2D eigenvalue weighted by molar-refractivity contribution is -0.116. The van der Waals surface area contributed by atoms with E-state index < -0.39 is 0 Å². The molecular weight excluding hydrogens is 115 g/mol. The van der Waals surface area contributed by atoms with Crippen molar-refractivity contribution in [1.82, 2.24) is 0 Å². The summed E-state index contributed by atoms with van der Waals surface area (Å²) in [6.45, 7) is 5.02. The van der Waals surface area contributed by atoms with E-state index in [-0.39, 0.29) is 24.6 Å². The van der Waals surface area contributed by atoms with Crippen LogP contribution >= 0.6 is 0 Å². The lowest BCUT2D eigenvalue weighted by Gasteiger charge is -1.97. The Labute approximate surface area is 55.9 Å². The normalized spacial score (nSPS) is 9.33. The van der Waals surface area contributed by atoms with E-state index in [0.717, 1.165) is 0 Å². The second-order valence-electron chi connectivity index (χ2n) is 2.50. The van der Waals surface area contributed by atoms with Gasteiger partial charge in [-0.25, -0.2) is 0 Å². The molecule has 0 aromatic carbocycles. The molecule has 0 aromatic rings. The van der Waals surface area contributed by atoms with E-state index in [4.69, 9.17) is 0 Å². The lowest BCUT2D eigenvalue weighted by atomic mass is 9.65. The molecule has 3 heteroatoms. The SMILES string of the molecule is CC(=O)BC(=O)C(C)C. The molecule has 0 heterocycles. The van der Waals surface area contributed by atoms with Crippen LogP contribution in [0.25, 0.3) is 0 Å². The summed E-state index contributed by atoms with van der Waals surface area (Å²) in [7, 11) is 0.0949. The van der Waals surface area contributed by atoms with Gasteiger partial charge in [-0.3, -0.25) is 0 Å². The highest BCUT2D eigenvalue weighted by Crippen LogP contribution is 1.91. The Morgan fingerprint density at radius 1 is 1.33 bits per heavy atom. The molecule has 0 aliphatic heterocycles. The van der Waals surface area contributed by atoms with Crippen molar-refractivity contribution in [2.24, 2.45) is 5.92 Å². The Balaban J connectivity index is 3.64. The second kappa shape index (κ2) is 3.43. The van der Waals surface area contributed by atoms with Crippen LogP contribution in [0.2, 0.25) is 0 Å². The van der Waals surface area contributed by atoms with Gasteiger partial charge in [0, 0.05) is 5.92 Å². The largest absolute Gasteiger partial charge is 0.311 e. The zero-order chi connectivity index (χ0) is 7.44. The molecule has 2 nitrogen and oxygen atoms in total. The minimum Gasteiger partial charge on any atom is -0.311 e. The molecule has 0 saturated heterocycles. The maximum absolute atomic E-state index is 10.7. The van der Waals surface area contributed by atoms with E-state index >= 15 is 0 Å². The van der Waals surface area contributed by atoms with Crippen LogP contribution in [0.3, 0.4) is 0 Å². The maximum Gasteiger partial charge on any atom is 0.285 e. The molecule has 0 amide bonds. The average Bonchev–Trinajstić information content (AvgIpc) is 1.63. The fraction of sp³-hybridized carbons (Fsp3) is 0.667. The number of hydrogen-bond acceptors (Lipinski definition) is 2. The zero-order valence-corrected chi connectivity index (χ0v) is 6.10. The Hall–Kier alpha value is -0.595. The van der Waals surface area contributed by atoms with E-state index in [1.807, 2.05) is 0 Å². The Morgan fingerprint density at radius 3 is 1.89 bits per heavy atom. The number of carbonyl (C=O) groups excluding carboxylic acids is 2. The molecule has 0 rings (SSSR count). The van der Waals surface area contributed by atoms with Gasteiger partial charge in [-0.2, -0.15) is 0 Å². The molecule has 0 unspecified atom stereocenters. The maximum atomic E-state index is 10.7. The van der Waals surface area contributed by atoms with Crippen LogP contribution in [0.1, 0.15) is 20.8 Å². The summed E-state index contributed by atoms with van der Waals surface area (Å²) in [4.78, 5) is 21.1. The molecule has 0 bridgehead atoms. The summed E-state index contributed by atoms with van der Waals surface area (Å²) in [6.07, 6.45) is 0. The number of rotatable bonds is 3. The first-order valence-corrected chi connectivity index (χ1v) is 3.06. The summed E-state index contributed by atoms with van der Waals surface area (Å²) in [5, 5.41) is 0. The highest BCUT2D eigenvalue weighted by molar-refractivity contribution is 6.97. The molecule has 0 atom stereocenters. The van der Waals surface area contributed by atoms with E-state index in [0.29, 0.717) is 0 Å². The first-order valence-electron chi connectivity index (χ1n) is 3.06. The molecule has 0 radical (unpaired) electrons. The van der Waals surface area contributed by atoms with Crippen LogP contribution < -0.4 is 0 Å². The zero-order valence-electron chi connectivity index (χ0n) is 6.10. The highest BCUT2D eigenvalue weighted by atomic mass is 16.1. The van der Waals surface area contributed by atoms with E-state index in [2.05, 4.69) is 0 Å². The molecule has 0 spiro atoms. The van der Waals surface area contributed by atoms with Crippen molar-refractivity contribution < 1.29 is 9.59 Å². The third-order valence-electron chi connectivity index (χ3n) is 1.07. The first kappa shape index (κ1) is 8.40. The van der Waals surface area contributed by atoms with Gasteiger partial charge in [-0.05, 0) is 6.92 Å². The predicted molar refractivity (Wildman–Crippen MR) is 37.7 cm³/mol. The van der Waals surface area contributed by atoms with Crippen LogP contribution in [-0.4, -0.2) is 18.6 Å². The van der Waals surface area contributed by atoms with Gasteiger partial charge >= 0.3 is 0 Å². The van der Waals surface area contributed by atoms with E-state index in [1.165, 1.54) is 6.92 Å². The standard InChI is InChI=1S/C6H11BO2/c1-4(2)6(9)7-5(3)8/h4,7H,1-3H3. The van der Waals surface area contributed by atoms with Crippen molar-refractivity contribution in [2.45, 2.75) is 20.8 Å². The summed E-state index contributed by atoms with van der Waals surface area (Å²) in [5.41, 5.74) is -0.0174. The van der Waals surface area contributed by atoms with Crippen molar-refractivity contribution >= 4 is 18.6 Å². The molecule has 9 heavy (non-hydrogen) atoms. The third kappa shape index (κ3) is 3.95. The summed E-state index contributed by atoms with van der Waals surface area (Å²) in [5.74, 6) is -0.00565. The van der Waals surface area contributed by atoms with Gasteiger partial charge in [0.2, 0.25) is 0 Å². The van der Waals surface area contributed by atoms with Gasteiger partial charge in [0.05, 0.1) is 5.68 Å². The average molecular weight is 126 g/mol. The highest BCUT2D eigenvalue weighted by Gasteiger charge is 2.11. The van der Waals surface area contributed by atoms with Gasteiger partial charge in [0.1, 0.15) is 5.68 Å². The monoisotopic (exact) mass is 126 g/mol. The van der Waals surface area contributed by atoms with Crippen LogP contribution in [0.15, 0.2) is 0 Å². The van der Waals surface area contributed by atoms with Crippen LogP contribution in [-0.2, 0) is 9.59 Å². The fourth-order valence-electron chi connectivity index (χ4n) is 0.449. The molecular formula is C6H11BO2. The third-order valence-corrected chi connectivity index (χ3v) is 1.07. The van der Waals surface area contributed by atoms with Crippen LogP contribution in [0.5, 0.6) is 0 Å². The molecule has 0 aliphatic carbocycles.